The lowest BCUT2D eigenvalue weighted by molar-refractivity contribution is -0.0438. The Morgan fingerprint density at radius 1 is 1.18 bits per heavy atom. The molecule has 1 saturated carbocycles. The molecular weight excluding hydrogens is 172 g/mol. The molecule has 0 aromatic carbocycles. The van der Waals surface area contributed by atoms with Crippen LogP contribution in [0.2, 0.25) is 0 Å². The van der Waals surface area contributed by atoms with Gasteiger partial charge in [0, 0.05) is 12.8 Å². The molecule has 1 aliphatic carbocycles. The quantitative estimate of drug-likeness (QED) is 0.620. The number of rotatable bonds is 0. The molecule has 0 amide bonds. The molecule has 0 heterocycles. The molecule has 0 saturated heterocycles. The van der Waals surface area contributed by atoms with Gasteiger partial charge in [-0.3, -0.25) is 0 Å². The summed E-state index contributed by atoms with van der Waals surface area (Å²) in [5.74, 6) is -1.82. The fourth-order valence-electron chi connectivity index (χ4n) is 1.18. The summed E-state index contributed by atoms with van der Waals surface area (Å²) in [5, 5.41) is 0. The van der Waals surface area contributed by atoms with Crippen LogP contribution < -0.4 is 6.15 Å². The second-order valence-corrected chi connectivity index (χ2v) is 3.04. The van der Waals surface area contributed by atoms with Crippen molar-refractivity contribution in [3.05, 3.63) is 0 Å². The summed E-state index contributed by atoms with van der Waals surface area (Å²) >= 11 is 0. The number of hydrogen-bond donors (Lipinski definition) is 1. The average molecular weight is 188 g/mol. The van der Waals surface area contributed by atoms with Crippen molar-refractivity contribution in [1.82, 2.24) is 6.15 Å². The Labute approximate surface area is 72.5 Å². The molecule has 0 aromatic heterocycles. The summed E-state index contributed by atoms with van der Waals surface area (Å²) < 4.78 is 24.8. The lowest BCUT2D eigenvalue weighted by Crippen LogP contribution is -2.23. The Morgan fingerprint density at radius 3 is 1.82 bits per heavy atom. The van der Waals surface area contributed by atoms with Crippen LogP contribution in [-0.2, 0) is 0 Å². The van der Waals surface area contributed by atoms with Gasteiger partial charge in [-0.2, -0.15) is 0 Å². The van der Waals surface area contributed by atoms with Gasteiger partial charge in [-0.1, -0.05) is 6.92 Å². The zero-order chi connectivity index (χ0) is 6.91. The van der Waals surface area contributed by atoms with Crippen molar-refractivity contribution in [3.63, 3.8) is 0 Å². The third kappa shape index (κ3) is 4.53. The van der Waals surface area contributed by atoms with Crippen LogP contribution in [0.3, 0.4) is 0 Å². The highest BCUT2D eigenvalue weighted by molar-refractivity contribution is 5.85. The Hall–Kier alpha value is 0.110. The SMILES string of the molecule is CC1CCC(F)(F)CC1.Cl.N. The molecule has 70 valence electrons. The van der Waals surface area contributed by atoms with Gasteiger partial charge in [-0.05, 0) is 18.8 Å². The smallest absolute Gasteiger partial charge is 0.248 e. The van der Waals surface area contributed by atoms with Crippen LogP contribution >= 0.6 is 12.4 Å². The predicted molar refractivity (Wildman–Crippen MR) is 44.8 cm³/mol. The average Bonchev–Trinajstić information content (AvgIpc) is 1.78. The molecule has 0 atom stereocenters. The maximum Gasteiger partial charge on any atom is 0.248 e. The van der Waals surface area contributed by atoms with Crippen molar-refractivity contribution in [2.24, 2.45) is 5.92 Å². The van der Waals surface area contributed by atoms with Gasteiger partial charge in [0.25, 0.3) is 0 Å². The van der Waals surface area contributed by atoms with Crippen LogP contribution in [0, 0.1) is 5.92 Å². The van der Waals surface area contributed by atoms with E-state index in [9.17, 15) is 8.78 Å². The van der Waals surface area contributed by atoms with Crippen LogP contribution in [0.25, 0.3) is 0 Å². The molecule has 1 aliphatic rings. The lowest BCUT2D eigenvalue weighted by atomic mass is 9.88. The van der Waals surface area contributed by atoms with E-state index in [1.54, 1.807) is 0 Å². The molecule has 11 heavy (non-hydrogen) atoms. The molecule has 4 heteroatoms. The van der Waals surface area contributed by atoms with Crippen LogP contribution in [0.15, 0.2) is 0 Å². The minimum absolute atomic E-state index is 0. The van der Waals surface area contributed by atoms with Crippen molar-refractivity contribution >= 4 is 12.4 Å². The van der Waals surface area contributed by atoms with E-state index in [1.807, 2.05) is 6.92 Å². The molecule has 1 nitrogen and oxygen atoms in total. The summed E-state index contributed by atoms with van der Waals surface area (Å²) in [7, 11) is 0. The fourth-order valence-corrected chi connectivity index (χ4v) is 1.18. The van der Waals surface area contributed by atoms with Crippen molar-refractivity contribution < 1.29 is 8.78 Å². The predicted octanol–water partition coefficient (Wildman–Crippen LogP) is 3.42. The number of hydrogen-bond acceptors (Lipinski definition) is 1. The van der Waals surface area contributed by atoms with Crippen molar-refractivity contribution in [2.75, 3.05) is 0 Å². The van der Waals surface area contributed by atoms with E-state index >= 15 is 0 Å². The standard InChI is InChI=1S/C7H12F2.ClH.H3N/c1-6-2-4-7(8,9)5-3-6;;/h6H,2-5H2,1H3;1H;1H3. The Balaban J connectivity index is 0. The van der Waals surface area contributed by atoms with Gasteiger partial charge >= 0.3 is 0 Å². The van der Waals surface area contributed by atoms with Crippen LogP contribution in [-0.4, -0.2) is 5.92 Å². The normalized spacial score (nSPS) is 23.2. The lowest BCUT2D eigenvalue weighted by Gasteiger charge is -2.25. The van der Waals surface area contributed by atoms with E-state index in [-0.39, 0.29) is 31.4 Å². The molecule has 1 rings (SSSR count). The first-order valence-corrected chi connectivity index (χ1v) is 3.48. The van der Waals surface area contributed by atoms with E-state index in [1.165, 1.54) is 0 Å². The third-order valence-electron chi connectivity index (χ3n) is 2.01. The third-order valence-corrected chi connectivity index (χ3v) is 2.01. The van der Waals surface area contributed by atoms with E-state index in [0.717, 1.165) is 0 Å². The highest BCUT2D eigenvalue weighted by Gasteiger charge is 2.32. The first kappa shape index (κ1) is 13.7. The Bertz CT molecular complexity index is 98.6. The van der Waals surface area contributed by atoms with Crippen molar-refractivity contribution in [3.8, 4) is 0 Å². The van der Waals surface area contributed by atoms with Crippen LogP contribution in [0.1, 0.15) is 32.6 Å². The van der Waals surface area contributed by atoms with Gasteiger partial charge < -0.3 is 6.15 Å². The van der Waals surface area contributed by atoms with Crippen LogP contribution in [0.4, 0.5) is 8.78 Å². The van der Waals surface area contributed by atoms with E-state index in [2.05, 4.69) is 0 Å². The molecule has 0 aromatic rings. The van der Waals surface area contributed by atoms with Crippen molar-refractivity contribution in [1.29, 1.82) is 0 Å². The van der Waals surface area contributed by atoms with E-state index in [4.69, 9.17) is 0 Å². The highest BCUT2D eigenvalue weighted by Crippen LogP contribution is 2.35. The minimum Gasteiger partial charge on any atom is -0.344 e. The first-order valence-electron chi connectivity index (χ1n) is 3.48. The molecule has 0 unspecified atom stereocenters. The largest absolute Gasteiger partial charge is 0.344 e. The second-order valence-electron chi connectivity index (χ2n) is 3.04. The molecule has 3 N–H and O–H groups in total. The summed E-state index contributed by atoms with van der Waals surface area (Å²) in [6, 6.07) is 0. The zero-order valence-electron chi connectivity index (χ0n) is 6.78. The minimum atomic E-state index is -2.34. The monoisotopic (exact) mass is 187 g/mol. The Morgan fingerprint density at radius 2 is 1.55 bits per heavy atom. The second kappa shape index (κ2) is 4.88. The van der Waals surface area contributed by atoms with Gasteiger partial charge in [0.05, 0.1) is 0 Å². The van der Waals surface area contributed by atoms with Crippen molar-refractivity contribution in [2.45, 2.75) is 38.5 Å². The molecule has 0 bridgehead atoms. The fraction of sp³-hybridized carbons (Fsp3) is 1.00. The van der Waals surface area contributed by atoms with Gasteiger partial charge in [0.1, 0.15) is 0 Å². The molecule has 1 fully saturated rings. The molecule has 0 radical (unpaired) electrons. The topological polar surface area (TPSA) is 35.0 Å². The van der Waals surface area contributed by atoms with Crippen LogP contribution in [0.5, 0.6) is 0 Å². The number of alkyl halides is 2. The molecule has 0 spiro atoms. The molecule has 0 aliphatic heterocycles. The van der Waals surface area contributed by atoms with E-state index in [0.29, 0.717) is 18.8 Å². The Kier molecular flexibility index (Phi) is 6.07. The van der Waals surface area contributed by atoms with Gasteiger partial charge in [-0.25, -0.2) is 8.78 Å². The molecular formula is C7H16ClF2N. The maximum absolute atomic E-state index is 12.4. The highest BCUT2D eigenvalue weighted by atomic mass is 35.5. The van der Waals surface area contributed by atoms with E-state index < -0.39 is 5.92 Å². The maximum atomic E-state index is 12.4. The van der Waals surface area contributed by atoms with Gasteiger partial charge in [0.2, 0.25) is 5.92 Å². The van der Waals surface area contributed by atoms with Gasteiger partial charge in [0.15, 0.2) is 0 Å². The summed E-state index contributed by atoms with van der Waals surface area (Å²) in [4.78, 5) is 0. The van der Waals surface area contributed by atoms with Gasteiger partial charge in [-0.15, -0.1) is 12.4 Å². The number of halogens is 3. The summed E-state index contributed by atoms with van der Waals surface area (Å²) in [5.41, 5.74) is 0. The summed E-state index contributed by atoms with van der Waals surface area (Å²) in [6.07, 6.45) is 1.61. The zero-order valence-corrected chi connectivity index (χ0v) is 7.59. The first-order chi connectivity index (χ1) is 4.10. The summed E-state index contributed by atoms with van der Waals surface area (Å²) in [6.45, 7) is 2.04.